The second kappa shape index (κ2) is 6.11. The molecule has 0 atom stereocenters. The van der Waals surface area contributed by atoms with Gasteiger partial charge in [-0.05, 0) is 40.8 Å². The number of carbonyl (C=O) groups is 1. The van der Waals surface area contributed by atoms with Crippen LogP contribution in [0.1, 0.15) is 10.4 Å². The molecule has 0 unspecified atom stereocenters. The van der Waals surface area contributed by atoms with Crippen molar-refractivity contribution in [2.45, 2.75) is 0 Å². The number of fused-ring (bicyclic) bond motifs is 1. The van der Waals surface area contributed by atoms with Gasteiger partial charge in [-0.25, -0.2) is 0 Å². The number of halogens is 2. The molecule has 0 saturated carbocycles. The number of methoxy groups -OCH3 is 1. The van der Waals surface area contributed by atoms with E-state index in [9.17, 15) is 4.79 Å². The molecule has 2 nitrogen and oxygen atoms in total. The highest BCUT2D eigenvalue weighted by atomic mass is 79.9. The van der Waals surface area contributed by atoms with Crippen LogP contribution in [0, 0.1) is 0 Å². The van der Waals surface area contributed by atoms with E-state index in [1.807, 2.05) is 48.5 Å². The van der Waals surface area contributed by atoms with E-state index in [4.69, 9.17) is 16.3 Å². The Morgan fingerprint density at radius 2 is 1.91 bits per heavy atom. The fraction of sp³-hybridized carbons (Fsp3) is 0.0556. The lowest BCUT2D eigenvalue weighted by molar-refractivity contribution is 0.112. The lowest BCUT2D eigenvalue weighted by Gasteiger charge is -2.10. The van der Waals surface area contributed by atoms with Gasteiger partial charge in [0.1, 0.15) is 5.75 Å². The van der Waals surface area contributed by atoms with Crippen molar-refractivity contribution in [1.82, 2.24) is 0 Å². The average Bonchev–Trinajstić information content (AvgIpc) is 2.54. The zero-order valence-electron chi connectivity index (χ0n) is 11.8. The molecular formula is C18H12BrClO2. The van der Waals surface area contributed by atoms with E-state index in [2.05, 4.69) is 15.9 Å². The number of benzene rings is 3. The van der Waals surface area contributed by atoms with Crippen molar-refractivity contribution in [3.63, 3.8) is 0 Å². The van der Waals surface area contributed by atoms with E-state index >= 15 is 0 Å². The van der Waals surface area contributed by atoms with E-state index in [1.165, 1.54) is 0 Å². The zero-order chi connectivity index (χ0) is 15.7. The predicted molar refractivity (Wildman–Crippen MR) is 94.0 cm³/mol. The van der Waals surface area contributed by atoms with Crippen molar-refractivity contribution in [3.8, 4) is 16.9 Å². The molecule has 0 heterocycles. The molecule has 3 aromatic rings. The lowest BCUT2D eigenvalue weighted by atomic mass is 9.97. The van der Waals surface area contributed by atoms with Crippen molar-refractivity contribution in [2.24, 2.45) is 0 Å². The van der Waals surface area contributed by atoms with Crippen molar-refractivity contribution >= 4 is 44.6 Å². The molecule has 0 aromatic heterocycles. The largest absolute Gasteiger partial charge is 0.495 e. The van der Waals surface area contributed by atoms with Crippen LogP contribution in [0.2, 0.25) is 5.02 Å². The molecule has 110 valence electrons. The first kappa shape index (κ1) is 15.1. The minimum absolute atomic E-state index is 0.595. The van der Waals surface area contributed by atoms with Gasteiger partial charge in [0.15, 0.2) is 6.29 Å². The van der Waals surface area contributed by atoms with E-state index in [0.717, 1.165) is 32.7 Å². The molecule has 0 N–H and O–H groups in total. The monoisotopic (exact) mass is 374 g/mol. The van der Waals surface area contributed by atoms with Crippen molar-refractivity contribution in [2.75, 3.05) is 7.11 Å². The van der Waals surface area contributed by atoms with Gasteiger partial charge in [-0.2, -0.15) is 0 Å². The van der Waals surface area contributed by atoms with Gasteiger partial charge in [-0.3, -0.25) is 4.79 Å². The summed E-state index contributed by atoms with van der Waals surface area (Å²) in [6.07, 6.45) is 0.866. The molecule has 0 saturated heterocycles. The molecule has 22 heavy (non-hydrogen) atoms. The number of carbonyl (C=O) groups excluding carboxylic acids is 1. The minimum atomic E-state index is 0.595. The zero-order valence-corrected chi connectivity index (χ0v) is 14.1. The fourth-order valence-corrected chi connectivity index (χ4v) is 3.18. The van der Waals surface area contributed by atoms with Crippen LogP contribution in [-0.4, -0.2) is 13.4 Å². The van der Waals surface area contributed by atoms with Crippen LogP contribution < -0.4 is 4.74 Å². The Balaban J connectivity index is 2.19. The third kappa shape index (κ3) is 2.62. The smallest absolute Gasteiger partial charge is 0.150 e. The highest BCUT2D eigenvalue weighted by molar-refractivity contribution is 9.10. The summed E-state index contributed by atoms with van der Waals surface area (Å²) in [7, 11) is 1.60. The summed E-state index contributed by atoms with van der Waals surface area (Å²) in [4.78, 5) is 11.3. The van der Waals surface area contributed by atoms with Crippen LogP contribution in [0.25, 0.3) is 21.9 Å². The third-order valence-corrected chi connectivity index (χ3v) is 4.47. The first-order valence-corrected chi connectivity index (χ1v) is 7.82. The van der Waals surface area contributed by atoms with Crippen molar-refractivity contribution in [1.29, 1.82) is 0 Å². The summed E-state index contributed by atoms with van der Waals surface area (Å²) in [5, 5.41) is 2.52. The van der Waals surface area contributed by atoms with Gasteiger partial charge in [0.05, 0.1) is 12.1 Å². The van der Waals surface area contributed by atoms with Gasteiger partial charge >= 0.3 is 0 Å². The number of rotatable bonds is 3. The van der Waals surface area contributed by atoms with Crippen LogP contribution in [0.5, 0.6) is 5.75 Å². The number of hydrogen-bond donors (Lipinski definition) is 0. The molecule has 0 aliphatic carbocycles. The number of hydrogen-bond acceptors (Lipinski definition) is 2. The summed E-state index contributed by atoms with van der Waals surface area (Å²) in [6, 6.07) is 15.4. The van der Waals surface area contributed by atoms with Crippen molar-refractivity contribution in [3.05, 3.63) is 63.6 Å². The molecule has 0 aliphatic rings. The molecule has 0 fully saturated rings. The van der Waals surface area contributed by atoms with E-state index in [1.54, 1.807) is 7.11 Å². The molecule has 3 aromatic carbocycles. The summed E-state index contributed by atoms with van der Waals surface area (Å²) in [5.74, 6) is 0.652. The van der Waals surface area contributed by atoms with Gasteiger partial charge in [-0.1, -0.05) is 51.8 Å². The summed E-state index contributed by atoms with van der Waals surface area (Å²) < 4.78 is 6.12. The maximum atomic E-state index is 11.3. The highest BCUT2D eigenvalue weighted by Crippen LogP contribution is 2.35. The van der Waals surface area contributed by atoms with Gasteiger partial charge < -0.3 is 4.74 Å². The Morgan fingerprint density at radius 1 is 1.09 bits per heavy atom. The standard InChI is InChI=1S/C18H12BrClO2/c1-22-17-7-3-12-8-11(2-5-16(12)18(17)20)15-6-4-14(19)9-13(15)10-21/h2-10H,1H3. The van der Waals surface area contributed by atoms with Gasteiger partial charge in [0.25, 0.3) is 0 Å². The van der Waals surface area contributed by atoms with Crippen LogP contribution in [0.3, 0.4) is 0 Å². The first-order valence-electron chi connectivity index (χ1n) is 6.65. The van der Waals surface area contributed by atoms with Crippen LogP contribution >= 0.6 is 27.5 Å². The van der Waals surface area contributed by atoms with Gasteiger partial charge in [0, 0.05) is 15.4 Å². The molecule has 4 heteroatoms. The Labute approximate surface area is 141 Å². The molecule has 3 rings (SSSR count). The normalized spacial score (nSPS) is 10.7. The van der Waals surface area contributed by atoms with E-state index in [-0.39, 0.29) is 0 Å². The molecule has 0 radical (unpaired) electrons. The highest BCUT2D eigenvalue weighted by Gasteiger charge is 2.09. The first-order chi connectivity index (χ1) is 10.6. The molecule has 0 aliphatic heterocycles. The minimum Gasteiger partial charge on any atom is -0.495 e. The Hall–Kier alpha value is -1.84. The van der Waals surface area contributed by atoms with Crippen LogP contribution in [-0.2, 0) is 0 Å². The van der Waals surface area contributed by atoms with Crippen molar-refractivity contribution < 1.29 is 9.53 Å². The summed E-state index contributed by atoms with van der Waals surface area (Å²) in [5.41, 5.74) is 2.52. The molecule has 0 amide bonds. The Morgan fingerprint density at radius 3 is 2.64 bits per heavy atom. The van der Waals surface area contributed by atoms with E-state index < -0.39 is 0 Å². The number of aldehydes is 1. The Kier molecular flexibility index (Phi) is 4.19. The summed E-state index contributed by atoms with van der Waals surface area (Å²) >= 11 is 9.72. The quantitative estimate of drug-likeness (QED) is 0.545. The molecule has 0 spiro atoms. The van der Waals surface area contributed by atoms with Crippen LogP contribution in [0.4, 0.5) is 0 Å². The lowest BCUT2D eigenvalue weighted by Crippen LogP contribution is -1.89. The maximum Gasteiger partial charge on any atom is 0.150 e. The SMILES string of the molecule is COc1ccc2cc(-c3ccc(Br)cc3C=O)ccc2c1Cl. The second-order valence-corrected chi connectivity index (χ2v) is 6.16. The third-order valence-electron chi connectivity index (χ3n) is 3.59. The second-order valence-electron chi connectivity index (χ2n) is 4.87. The number of ether oxygens (including phenoxy) is 1. The van der Waals surface area contributed by atoms with Gasteiger partial charge in [-0.15, -0.1) is 0 Å². The molecule has 0 bridgehead atoms. The summed E-state index contributed by atoms with van der Waals surface area (Å²) in [6.45, 7) is 0. The average molecular weight is 376 g/mol. The predicted octanol–water partition coefficient (Wildman–Crippen LogP) is 5.74. The topological polar surface area (TPSA) is 26.3 Å². The van der Waals surface area contributed by atoms with E-state index in [0.29, 0.717) is 16.3 Å². The van der Waals surface area contributed by atoms with Crippen LogP contribution in [0.15, 0.2) is 53.0 Å². The molecular weight excluding hydrogens is 364 g/mol. The fourth-order valence-electron chi connectivity index (χ4n) is 2.49. The Bertz CT molecular complexity index is 874. The van der Waals surface area contributed by atoms with Gasteiger partial charge in [0.2, 0.25) is 0 Å². The maximum absolute atomic E-state index is 11.3.